The van der Waals surface area contributed by atoms with Crippen LogP contribution < -0.4 is 5.32 Å². The molecule has 0 saturated carbocycles. The number of carboxylic acids is 1. The Hall–Kier alpha value is -1.87. The van der Waals surface area contributed by atoms with Crippen LogP contribution in [0.15, 0.2) is 17.2 Å². The van der Waals surface area contributed by atoms with Gasteiger partial charge in [0.2, 0.25) is 15.9 Å². The number of hydrogen-bond donors (Lipinski definition) is 2. The van der Waals surface area contributed by atoms with E-state index in [1.807, 2.05) is 0 Å². The fraction of sp³-hybridized carbons (Fsp3) is 0.500. The van der Waals surface area contributed by atoms with E-state index in [1.54, 1.807) is 6.92 Å². The van der Waals surface area contributed by atoms with Gasteiger partial charge in [0.25, 0.3) is 0 Å². The molecular weight excluding hydrogens is 298 g/mol. The van der Waals surface area contributed by atoms with Crippen LogP contribution in [-0.4, -0.2) is 54.9 Å². The van der Waals surface area contributed by atoms with Crippen LogP contribution in [0.2, 0.25) is 0 Å². The molecule has 0 aromatic carbocycles. The summed E-state index contributed by atoms with van der Waals surface area (Å²) in [6.07, 6.45) is 1.24. The van der Waals surface area contributed by atoms with Crippen LogP contribution in [0, 0.1) is 5.92 Å². The zero-order chi connectivity index (χ0) is 16.4. The first-order chi connectivity index (χ1) is 9.61. The summed E-state index contributed by atoms with van der Waals surface area (Å²) in [7, 11) is 0.437. The van der Waals surface area contributed by atoms with Crippen LogP contribution in [0.25, 0.3) is 0 Å². The third-order valence-corrected chi connectivity index (χ3v) is 4.92. The third kappa shape index (κ3) is 3.61. The van der Waals surface area contributed by atoms with E-state index in [2.05, 4.69) is 5.32 Å². The first kappa shape index (κ1) is 17.2. The van der Waals surface area contributed by atoms with Crippen molar-refractivity contribution >= 4 is 21.9 Å². The van der Waals surface area contributed by atoms with E-state index in [9.17, 15) is 18.0 Å². The van der Waals surface area contributed by atoms with E-state index in [0.29, 0.717) is 0 Å². The van der Waals surface area contributed by atoms with Crippen molar-refractivity contribution in [1.29, 1.82) is 0 Å². The molecule has 1 heterocycles. The number of nitrogens with one attached hydrogen (secondary N) is 1. The molecule has 0 spiro atoms. The van der Waals surface area contributed by atoms with Crippen LogP contribution in [0.4, 0.5) is 0 Å². The maximum atomic E-state index is 12.4. The second-order valence-corrected chi connectivity index (χ2v) is 6.82. The lowest BCUT2D eigenvalue weighted by Crippen LogP contribution is -2.37. The van der Waals surface area contributed by atoms with Gasteiger partial charge in [0.15, 0.2) is 0 Å². The van der Waals surface area contributed by atoms with E-state index in [0.717, 1.165) is 10.4 Å². The molecule has 1 amide bonds. The minimum Gasteiger partial charge on any atom is -0.477 e. The van der Waals surface area contributed by atoms with Crippen molar-refractivity contribution in [2.75, 3.05) is 20.6 Å². The summed E-state index contributed by atoms with van der Waals surface area (Å²) in [6.45, 7) is 1.61. The average molecular weight is 317 g/mol. The molecule has 0 radical (unpaired) electrons. The molecule has 21 heavy (non-hydrogen) atoms. The van der Waals surface area contributed by atoms with Crippen molar-refractivity contribution in [2.24, 2.45) is 13.0 Å². The molecule has 0 fully saturated rings. The van der Waals surface area contributed by atoms with Gasteiger partial charge in [-0.3, -0.25) is 4.79 Å². The summed E-state index contributed by atoms with van der Waals surface area (Å²) in [5.74, 6) is -1.99. The molecule has 9 heteroatoms. The highest BCUT2D eigenvalue weighted by Crippen LogP contribution is 2.18. The number of sulfonamides is 1. The van der Waals surface area contributed by atoms with Gasteiger partial charge in [-0.15, -0.1) is 0 Å². The topological polar surface area (TPSA) is 109 Å². The summed E-state index contributed by atoms with van der Waals surface area (Å²) in [5, 5.41) is 11.4. The molecule has 0 saturated heterocycles. The standard InChI is InChI=1S/C12H19N3O5S/c1-8(11(16)13-2)6-15(4)21(19,20)9-5-10(12(17)18)14(3)7-9/h5,7-8H,6H2,1-4H3,(H,13,16)(H,17,18). The molecule has 1 aromatic rings. The van der Waals surface area contributed by atoms with Crippen molar-refractivity contribution in [2.45, 2.75) is 11.8 Å². The van der Waals surface area contributed by atoms with Gasteiger partial charge in [-0.1, -0.05) is 6.92 Å². The first-order valence-corrected chi connectivity index (χ1v) is 7.62. The lowest BCUT2D eigenvalue weighted by Gasteiger charge is -2.19. The van der Waals surface area contributed by atoms with E-state index in [-0.39, 0.29) is 23.0 Å². The van der Waals surface area contributed by atoms with Crippen LogP contribution in [0.5, 0.6) is 0 Å². The number of aromatic carboxylic acids is 1. The summed E-state index contributed by atoms with van der Waals surface area (Å²) >= 11 is 0. The second-order valence-electron chi connectivity index (χ2n) is 4.78. The molecule has 1 unspecified atom stereocenters. The Kier molecular flexibility index (Phi) is 5.13. The van der Waals surface area contributed by atoms with Gasteiger partial charge in [-0.25, -0.2) is 17.5 Å². The van der Waals surface area contributed by atoms with Gasteiger partial charge in [-0.2, -0.15) is 0 Å². The molecule has 118 valence electrons. The third-order valence-electron chi connectivity index (χ3n) is 3.13. The minimum atomic E-state index is -3.84. The number of aryl methyl sites for hydroxylation is 1. The Morgan fingerprint density at radius 3 is 2.48 bits per heavy atom. The Labute approximate surface area is 123 Å². The largest absolute Gasteiger partial charge is 0.477 e. The van der Waals surface area contributed by atoms with Crippen molar-refractivity contribution in [1.82, 2.24) is 14.2 Å². The zero-order valence-electron chi connectivity index (χ0n) is 12.3. The van der Waals surface area contributed by atoms with E-state index in [4.69, 9.17) is 5.11 Å². The van der Waals surface area contributed by atoms with Gasteiger partial charge < -0.3 is 15.0 Å². The second kappa shape index (κ2) is 6.27. The van der Waals surface area contributed by atoms with Gasteiger partial charge in [0.1, 0.15) is 10.6 Å². The number of rotatable bonds is 6. The summed E-state index contributed by atoms with van der Waals surface area (Å²) in [5.41, 5.74) is -0.124. The van der Waals surface area contributed by atoms with E-state index in [1.165, 1.54) is 31.9 Å². The predicted octanol–water partition coefficient (Wildman–Crippen LogP) is -0.274. The maximum Gasteiger partial charge on any atom is 0.352 e. The highest BCUT2D eigenvalue weighted by atomic mass is 32.2. The Bertz CT molecular complexity index is 650. The summed E-state index contributed by atoms with van der Waals surface area (Å²) in [6, 6.07) is 1.10. The van der Waals surface area contributed by atoms with Crippen molar-refractivity contribution in [3.05, 3.63) is 18.0 Å². The van der Waals surface area contributed by atoms with E-state index < -0.39 is 21.9 Å². The van der Waals surface area contributed by atoms with Gasteiger partial charge in [0.05, 0.1) is 0 Å². The number of carboxylic acid groups (broad SMARTS) is 1. The van der Waals surface area contributed by atoms with Crippen molar-refractivity contribution < 1.29 is 23.1 Å². The fourth-order valence-electron chi connectivity index (χ4n) is 1.88. The first-order valence-electron chi connectivity index (χ1n) is 6.18. The van der Waals surface area contributed by atoms with Crippen LogP contribution in [0.1, 0.15) is 17.4 Å². The lowest BCUT2D eigenvalue weighted by atomic mass is 10.2. The Morgan fingerprint density at radius 2 is 2.05 bits per heavy atom. The van der Waals surface area contributed by atoms with Crippen molar-refractivity contribution in [3.63, 3.8) is 0 Å². The maximum absolute atomic E-state index is 12.4. The molecule has 1 atom stereocenters. The molecule has 1 rings (SSSR count). The van der Waals surface area contributed by atoms with Crippen LogP contribution >= 0.6 is 0 Å². The molecule has 8 nitrogen and oxygen atoms in total. The monoisotopic (exact) mass is 317 g/mol. The van der Waals surface area contributed by atoms with Crippen LogP contribution in [-0.2, 0) is 21.9 Å². The molecular formula is C12H19N3O5S. The minimum absolute atomic E-state index is 0.000689. The fourth-order valence-corrected chi connectivity index (χ4v) is 3.21. The Morgan fingerprint density at radius 1 is 1.48 bits per heavy atom. The lowest BCUT2D eigenvalue weighted by molar-refractivity contribution is -0.124. The van der Waals surface area contributed by atoms with Gasteiger partial charge in [0, 0.05) is 39.8 Å². The summed E-state index contributed by atoms with van der Waals surface area (Å²) < 4.78 is 27.0. The average Bonchev–Trinajstić information content (AvgIpc) is 2.80. The number of carbonyl (C=O) groups excluding carboxylic acids is 1. The number of hydrogen-bond acceptors (Lipinski definition) is 4. The molecule has 1 aromatic heterocycles. The van der Waals surface area contributed by atoms with Gasteiger partial charge >= 0.3 is 5.97 Å². The Balaban J connectivity index is 3.03. The highest BCUT2D eigenvalue weighted by molar-refractivity contribution is 7.89. The SMILES string of the molecule is CNC(=O)C(C)CN(C)S(=O)(=O)c1cc(C(=O)O)n(C)c1. The van der Waals surface area contributed by atoms with E-state index >= 15 is 0 Å². The molecule has 0 aliphatic rings. The quantitative estimate of drug-likeness (QED) is 0.750. The number of carbonyl (C=O) groups is 2. The zero-order valence-corrected chi connectivity index (χ0v) is 13.1. The highest BCUT2D eigenvalue weighted by Gasteiger charge is 2.27. The molecule has 0 aliphatic heterocycles. The predicted molar refractivity (Wildman–Crippen MR) is 75.4 cm³/mol. The number of amides is 1. The molecule has 2 N–H and O–H groups in total. The van der Waals surface area contributed by atoms with Gasteiger partial charge in [-0.05, 0) is 6.07 Å². The van der Waals surface area contributed by atoms with Crippen molar-refractivity contribution in [3.8, 4) is 0 Å². The summed E-state index contributed by atoms with van der Waals surface area (Å²) in [4.78, 5) is 22.3. The number of aromatic nitrogens is 1. The number of nitrogens with zero attached hydrogens (tertiary/aromatic N) is 2. The molecule has 0 aliphatic carbocycles. The smallest absolute Gasteiger partial charge is 0.352 e. The normalized spacial score (nSPS) is 13.2. The molecule has 0 bridgehead atoms. The van der Waals surface area contributed by atoms with Crippen LogP contribution in [0.3, 0.4) is 0 Å².